The summed E-state index contributed by atoms with van der Waals surface area (Å²) in [6, 6.07) is 9.32. The lowest BCUT2D eigenvalue weighted by atomic mass is 9.73. The van der Waals surface area contributed by atoms with Gasteiger partial charge in [0.2, 0.25) is 5.72 Å². The second kappa shape index (κ2) is 13.0. The van der Waals surface area contributed by atoms with Crippen molar-refractivity contribution in [2.24, 2.45) is 22.7 Å². The van der Waals surface area contributed by atoms with Gasteiger partial charge in [-0.15, -0.1) is 0 Å². The smallest absolute Gasteiger partial charge is 0.438 e. The van der Waals surface area contributed by atoms with Gasteiger partial charge < -0.3 is 19.3 Å². The highest BCUT2D eigenvalue weighted by atomic mass is 35.5. The fraction of sp³-hybridized carbons (Fsp3) is 0.742. The molecule has 212 valence electrons. The van der Waals surface area contributed by atoms with Crippen LogP contribution in [-0.2, 0) is 9.47 Å². The Morgan fingerprint density at radius 2 is 1.74 bits per heavy atom. The summed E-state index contributed by atoms with van der Waals surface area (Å²) < 4.78 is 11.1. The van der Waals surface area contributed by atoms with E-state index < -0.39 is 11.9 Å². The van der Waals surface area contributed by atoms with Gasteiger partial charge in [-0.2, -0.15) is 0 Å². The first kappa shape index (κ1) is 29.2. The van der Waals surface area contributed by atoms with E-state index in [4.69, 9.17) is 26.1 Å². The molecule has 1 aromatic rings. The molecule has 7 heteroatoms. The molecular formula is C31H48ClN3O3. The van der Waals surface area contributed by atoms with Gasteiger partial charge in [-0.05, 0) is 81.6 Å². The number of carbonyl (C=O) groups excluding carboxylic acids is 1. The van der Waals surface area contributed by atoms with Gasteiger partial charge in [0.05, 0.1) is 19.5 Å². The Morgan fingerprint density at radius 3 is 2.32 bits per heavy atom. The summed E-state index contributed by atoms with van der Waals surface area (Å²) in [7, 11) is 5.77. The van der Waals surface area contributed by atoms with E-state index in [0.29, 0.717) is 36.3 Å². The maximum atomic E-state index is 12.5. The molecule has 3 unspecified atom stereocenters. The number of methoxy groups -OCH3 is 1. The summed E-state index contributed by atoms with van der Waals surface area (Å²) in [5, 5.41) is 0.787. The third-order valence-corrected chi connectivity index (χ3v) is 9.33. The van der Waals surface area contributed by atoms with Crippen LogP contribution >= 0.6 is 11.6 Å². The zero-order valence-electron chi connectivity index (χ0n) is 24.1. The standard InChI is InChI=1S/C31H48ClN3O3/c1-22(2)20-31(38-30(36)37-5)28(35(21-33-31)27-9-7-6-8-10-27)19-23-11-13-24(14-12-23)29(34(3)4)25-15-17-26(32)18-16-25/h15-18,21-24,27-29H,6-14,19-20H2,1-5H3. The van der Waals surface area contributed by atoms with Crippen molar-refractivity contribution in [2.45, 2.75) is 108 Å². The van der Waals surface area contributed by atoms with Crippen molar-refractivity contribution in [2.75, 3.05) is 21.2 Å². The highest BCUT2D eigenvalue weighted by Gasteiger charge is 2.51. The second-order valence-electron chi connectivity index (χ2n) is 12.5. The Morgan fingerprint density at radius 1 is 1.08 bits per heavy atom. The molecule has 0 amide bonds. The van der Waals surface area contributed by atoms with Gasteiger partial charge >= 0.3 is 6.16 Å². The van der Waals surface area contributed by atoms with Crippen LogP contribution < -0.4 is 0 Å². The first-order valence-electron chi connectivity index (χ1n) is 14.7. The monoisotopic (exact) mass is 545 g/mol. The maximum absolute atomic E-state index is 12.5. The van der Waals surface area contributed by atoms with Crippen LogP contribution in [0.25, 0.3) is 0 Å². The highest BCUT2D eigenvalue weighted by Crippen LogP contribution is 2.45. The van der Waals surface area contributed by atoms with Crippen molar-refractivity contribution in [3.05, 3.63) is 34.9 Å². The Hall–Kier alpha value is -1.79. The van der Waals surface area contributed by atoms with Crippen molar-refractivity contribution in [3.63, 3.8) is 0 Å². The summed E-state index contributed by atoms with van der Waals surface area (Å²) in [6.07, 6.45) is 14.1. The minimum Gasteiger partial charge on any atom is -0.438 e. The van der Waals surface area contributed by atoms with E-state index in [1.165, 1.54) is 70.5 Å². The van der Waals surface area contributed by atoms with Crippen molar-refractivity contribution in [3.8, 4) is 0 Å². The molecule has 3 atom stereocenters. The number of carbonyl (C=O) groups is 1. The Bertz CT molecular complexity index is 923. The zero-order chi connectivity index (χ0) is 27.3. The lowest BCUT2D eigenvalue weighted by Crippen LogP contribution is -2.53. The zero-order valence-corrected chi connectivity index (χ0v) is 24.8. The summed E-state index contributed by atoms with van der Waals surface area (Å²) in [5.41, 5.74) is 0.475. The number of nitrogens with zero attached hydrogens (tertiary/aromatic N) is 3. The molecule has 1 aliphatic heterocycles. The summed E-state index contributed by atoms with van der Waals surface area (Å²) in [4.78, 5) is 22.3. The SMILES string of the molecule is COC(=O)OC1(CC(C)C)N=CN(C2CCCCC2)C1CC1CCC(C(c2ccc(Cl)cc2)N(C)C)CC1. The van der Waals surface area contributed by atoms with Crippen LogP contribution in [0.3, 0.4) is 0 Å². The lowest BCUT2D eigenvalue weighted by molar-refractivity contribution is -0.0740. The molecule has 1 aromatic carbocycles. The number of benzene rings is 1. The molecule has 1 heterocycles. The highest BCUT2D eigenvalue weighted by molar-refractivity contribution is 6.30. The van der Waals surface area contributed by atoms with Gasteiger partial charge in [0.25, 0.3) is 0 Å². The molecule has 0 aromatic heterocycles. The summed E-state index contributed by atoms with van der Waals surface area (Å²) in [6.45, 7) is 4.36. The summed E-state index contributed by atoms with van der Waals surface area (Å²) in [5.74, 6) is 1.55. The molecule has 0 radical (unpaired) electrons. The van der Waals surface area contributed by atoms with Gasteiger partial charge in [-0.25, -0.2) is 9.79 Å². The molecule has 2 saturated carbocycles. The van der Waals surface area contributed by atoms with Crippen molar-refractivity contribution in [1.29, 1.82) is 0 Å². The number of rotatable bonds is 9. The molecule has 0 N–H and O–H groups in total. The molecular weight excluding hydrogens is 498 g/mol. The molecule has 38 heavy (non-hydrogen) atoms. The van der Waals surface area contributed by atoms with Crippen molar-refractivity contribution < 1.29 is 14.3 Å². The minimum absolute atomic E-state index is 0.0644. The first-order valence-corrected chi connectivity index (χ1v) is 15.1. The predicted octanol–water partition coefficient (Wildman–Crippen LogP) is 7.71. The quantitative estimate of drug-likeness (QED) is 0.297. The number of halogens is 1. The van der Waals surface area contributed by atoms with Crippen LogP contribution in [-0.4, -0.2) is 61.3 Å². The van der Waals surface area contributed by atoms with Crippen LogP contribution in [0.4, 0.5) is 4.79 Å². The Kier molecular flexibility index (Phi) is 10.0. The fourth-order valence-corrected chi connectivity index (χ4v) is 7.53. The van der Waals surface area contributed by atoms with Gasteiger partial charge in [-0.3, -0.25) is 0 Å². The first-order chi connectivity index (χ1) is 18.2. The van der Waals surface area contributed by atoms with E-state index >= 15 is 0 Å². The van der Waals surface area contributed by atoms with E-state index in [9.17, 15) is 4.79 Å². The van der Waals surface area contributed by atoms with E-state index in [2.05, 4.69) is 49.9 Å². The molecule has 0 spiro atoms. The summed E-state index contributed by atoms with van der Waals surface area (Å²) >= 11 is 6.18. The Balaban J connectivity index is 1.50. The number of hydrogen-bond donors (Lipinski definition) is 0. The van der Waals surface area contributed by atoms with Gasteiger partial charge in [0.15, 0.2) is 0 Å². The second-order valence-corrected chi connectivity index (χ2v) is 12.9. The van der Waals surface area contributed by atoms with E-state index in [1.807, 2.05) is 18.5 Å². The molecule has 0 saturated heterocycles. The largest absolute Gasteiger partial charge is 0.510 e. The van der Waals surface area contributed by atoms with E-state index in [1.54, 1.807) is 0 Å². The Labute approximate surface area is 235 Å². The van der Waals surface area contributed by atoms with E-state index in [0.717, 1.165) is 11.4 Å². The van der Waals surface area contributed by atoms with Gasteiger partial charge in [0, 0.05) is 23.5 Å². The minimum atomic E-state index is -0.870. The van der Waals surface area contributed by atoms with Crippen molar-refractivity contribution >= 4 is 24.1 Å². The number of ether oxygens (including phenoxy) is 2. The van der Waals surface area contributed by atoms with Crippen LogP contribution in [0.2, 0.25) is 5.02 Å². The normalized spacial score (nSPS) is 29.2. The predicted molar refractivity (Wildman–Crippen MR) is 155 cm³/mol. The molecule has 2 aliphatic carbocycles. The number of hydrogen-bond acceptors (Lipinski definition) is 6. The average molecular weight is 546 g/mol. The lowest BCUT2D eigenvalue weighted by Gasteiger charge is -2.44. The van der Waals surface area contributed by atoms with Gasteiger partial charge in [0.1, 0.15) is 0 Å². The van der Waals surface area contributed by atoms with Crippen LogP contribution in [0, 0.1) is 17.8 Å². The van der Waals surface area contributed by atoms with Crippen LogP contribution in [0.1, 0.15) is 96.1 Å². The fourth-order valence-electron chi connectivity index (χ4n) is 7.40. The molecule has 4 rings (SSSR count). The molecule has 0 bridgehead atoms. The van der Waals surface area contributed by atoms with Crippen LogP contribution in [0.15, 0.2) is 29.3 Å². The molecule has 2 fully saturated rings. The van der Waals surface area contributed by atoms with E-state index in [-0.39, 0.29) is 6.04 Å². The van der Waals surface area contributed by atoms with Crippen LogP contribution in [0.5, 0.6) is 0 Å². The third kappa shape index (κ3) is 6.85. The molecule has 6 nitrogen and oxygen atoms in total. The third-order valence-electron chi connectivity index (χ3n) is 9.08. The average Bonchev–Trinajstić information content (AvgIpc) is 3.22. The maximum Gasteiger partial charge on any atom is 0.510 e. The van der Waals surface area contributed by atoms with Gasteiger partial charge in [-0.1, -0.05) is 69.7 Å². The van der Waals surface area contributed by atoms with Crippen molar-refractivity contribution in [1.82, 2.24) is 9.80 Å². The molecule has 3 aliphatic rings. The number of aliphatic imine (C=N–C) groups is 1. The topological polar surface area (TPSA) is 54.4 Å².